The number of hydrogen-bond acceptors (Lipinski definition) is 4. The van der Waals surface area contributed by atoms with Gasteiger partial charge in [-0.05, 0) is 31.5 Å². The van der Waals surface area contributed by atoms with Crippen molar-refractivity contribution in [1.29, 1.82) is 0 Å². The zero-order chi connectivity index (χ0) is 13.9. The molecule has 0 unspecified atom stereocenters. The van der Waals surface area contributed by atoms with Crippen LogP contribution in [0.5, 0.6) is 0 Å². The Bertz CT molecular complexity index is 604. The van der Waals surface area contributed by atoms with E-state index in [1.54, 1.807) is 12.1 Å². The van der Waals surface area contributed by atoms with Crippen molar-refractivity contribution < 1.29 is 9.53 Å². The summed E-state index contributed by atoms with van der Waals surface area (Å²) in [5.41, 5.74) is 2.15. The van der Waals surface area contributed by atoms with Gasteiger partial charge < -0.3 is 9.64 Å². The summed E-state index contributed by atoms with van der Waals surface area (Å²) >= 11 is 0. The zero-order valence-electron chi connectivity index (χ0n) is 11.5. The van der Waals surface area contributed by atoms with Gasteiger partial charge in [0.2, 0.25) is 0 Å². The van der Waals surface area contributed by atoms with Crippen molar-refractivity contribution in [2.24, 2.45) is 5.92 Å². The third-order valence-electron chi connectivity index (χ3n) is 3.73. The fraction of sp³-hybridized carbons (Fsp3) is 0.500. The largest absolute Gasteiger partial charge is 0.381 e. The number of fused-ring (bicyclic) bond motifs is 1. The Balaban J connectivity index is 1.77. The minimum absolute atomic E-state index is 0.0456. The molecule has 0 saturated carbocycles. The van der Waals surface area contributed by atoms with Crippen molar-refractivity contribution >= 4 is 16.9 Å². The van der Waals surface area contributed by atoms with Crippen LogP contribution in [-0.4, -0.2) is 52.5 Å². The summed E-state index contributed by atoms with van der Waals surface area (Å²) in [5, 5.41) is 10.6. The number of hydrogen-bond donors (Lipinski definition) is 1. The van der Waals surface area contributed by atoms with Crippen LogP contribution in [0.1, 0.15) is 23.7 Å². The van der Waals surface area contributed by atoms with Crippen LogP contribution in [0.2, 0.25) is 0 Å². The van der Waals surface area contributed by atoms with E-state index in [2.05, 4.69) is 15.4 Å². The lowest BCUT2D eigenvalue weighted by atomic mass is 10.1. The first-order valence-electron chi connectivity index (χ1n) is 6.95. The molecule has 0 radical (unpaired) electrons. The second-order valence-electron chi connectivity index (χ2n) is 5.10. The fourth-order valence-corrected chi connectivity index (χ4v) is 2.55. The summed E-state index contributed by atoms with van der Waals surface area (Å²) in [4.78, 5) is 14.4. The number of aromatic amines is 1. The molecule has 1 atom stereocenters. The molecule has 106 valence electrons. The Morgan fingerprint density at radius 2 is 2.30 bits per heavy atom. The minimum atomic E-state index is 0.0456. The maximum absolute atomic E-state index is 12.6. The lowest BCUT2D eigenvalue weighted by Crippen LogP contribution is -2.35. The number of carbonyl (C=O) groups is 1. The summed E-state index contributed by atoms with van der Waals surface area (Å²) in [6, 6.07) is 5.41. The lowest BCUT2D eigenvalue weighted by Gasteiger charge is -2.23. The third kappa shape index (κ3) is 2.51. The number of amides is 1. The summed E-state index contributed by atoms with van der Waals surface area (Å²) in [6.07, 6.45) is 1.03. The van der Waals surface area contributed by atoms with Crippen molar-refractivity contribution in [3.8, 4) is 0 Å². The number of nitrogens with zero attached hydrogens (tertiary/aromatic N) is 3. The van der Waals surface area contributed by atoms with Gasteiger partial charge >= 0.3 is 0 Å². The number of aromatic nitrogens is 3. The standard InChI is InChI=1S/C14H18N4O2/c1-2-18(8-10-5-6-20-9-10)14(19)11-3-4-12-13(7-11)16-17-15-12/h3-4,7,10H,2,5-6,8-9H2,1H3,(H,15,16,17)/t10-/m0/s1. The summed E-state index contributed by atoms with van der Waals surface area (Å²) in [5.74, 6) is 0.499. The highest BCUT2D eigenvalue weighted by molar-refractivity contribution is 5.97. The first kappa shape index (κ1) is 13.1. The highest BCUT2D eigenvalue weighted by atomic mass is 16.5. The first-order chi connectivity index (χ1) is 9.78. The van der Waals surface area contributed by atoms with Gasteiger partial charge in [0.25, 0.3) is 5.91 Å². The molecule has 1 saturated heterocycles. The predicted molar refractivity (Wildman–Crippen MR) is 74.4 cm³/mol. The smallest absolute Gasteiger partial charge is 0.253 e. The maximum atomic E-state index is 12.6. The summed E-state index contributed by atoms with van der Waals surface area (Å²) in [6.45, 7) is 5.02. The molecule has 0 bridgehead atoms. The third-order valence-corrected chi connectivity index (χ3v) is 3.73. The fourth-order valence-electron chi connectivity index (χ4n) is 2.55. The van der Waals surface area contributed by atoms with E-state index < -0.39 is 0 Å². The SMILES string of the molecule is CCN(C[C@@H]1CCOC1)C(=O)c1ccc2n[nH]nc2c1. The van der Waals surface area contributed by atoms with E-state index >= 15 is 0 Å². The molecular formula is C14H18N4O2. The zero-order valence-corrected chi connectivity index (χ0v) is 11.5. The molecule has 1 aliphatic rings. The van der Waals surface area contributed by atoms with E-state index in [0.29, 0.717) is 18.0 Å². The number of carbonyl (C=O) groups excluding carboxylic acids is 1. The van der Waals surface area contributed by atoms with Crippen molar-refractivity contribution in [3.05, 3.63) is 23.8 Å². The van der Waals surface area contributed by atoms with Gasteiger partial charge in [-0.1, -0.05) is 0 Å². The Morgan fingerprint density at radius 3 is 3.05 bits per heavy atom. The number of ether oxygens (including phenoxy) is 1. The van der Waals surface area contributed by atoms with E-state index in [9.17, 15) is 4.79 Å². The molecule has 6 heteroatoms. The van der Waals surface area contributed by atoms with E-state index in [1.807, 2.05) is 17.9 Å². The van der Waals surface area contributed by atoms with E-state index in [0.717, 1.165) is 37.2 Å². The Labute approximate surface area is 117 Å². The minimum Gasteiger partial charge on any atom is -0.381 e. The number of H-pyrrole nitrogens is 1. The molecule has 1 amide bonds. The molecule has 2 aromatic rings. The molecule has 6 nitrogen and oxygen atoms in total. The Hall–Kier alpha value is -1.95. The van der Waals surface area contributed by atoms with Crippen molar-refractivity contribution in [2.45, 2.75) is 13.3 Å². The molecule has 1 aromatic heterocycles. The van der Waals surface area contributed by atoms with E-state index in [1.165, 1.54) is 0 Å². The molecule has 1 aromatic carbocycles. The summed E-state index contributed by atoms with van der Waals surface area (Å²) < 4.78 is 5.37. The van der Waals surface area contributed by atoms with Crippen LogP contribution in [0.25, 0.3) is 11.0 Å². The molecule has 1 aliphatic heterocycles. The molecule has 3 rings (SSSR count). The van der Waals surface area contributed by atoms with Gasteiger partial charge in [-0.15, -0.1) is 0 Å². The van der Waals surface area contributed by atoms with Crippen LogP contribution >= 0.6 is 0 Å². The number of nitrogens with one attached hydrogen (secondary N) is 1. The topological polar surface area (TPSA) is 71.1 Å². The van der Waals surface area contributed by atoms with Crippen molar-refractivity contribution in [3.63, 3.8) is 0 Å². The van der Waals surface area contributed by atoms with Gasteiger partial charge in [0, 0.05) is 31.2 Å². The van der Waals surface area contributed by atoms with Gasteiger partial charge in [0.15, 0.2) is 0 Å². The highest BCUT2D eigenvalue weighted by Crippen LogP contribution is 2.17. The summed E-state index contributed by atoms with van der Waals surface area (Å²) in [7, 11) is 0. The molecule has 20 heavy (non-hydrogen) atoms. The van der Waals surface area contributed by atoms with Crippen molar-refractivity contribution in [2.75, 3.05) is 26.3 Å². The van der Waals surface area contributed by atoms with Gasteiger partial charge in [-0.3, -0.25) is 4.79 Å². The van der Waals surface area contributed by atoms with Crippen LogP contribution in [0, 0.1) is 5.92 Å². The molecular weight excluding hydrogens is 256 g/mol. The van der Waals surface area contributed by atoms with Gasteiger partial charge in [-0.25, -0.2) is 0 Å². The Kier molecular flexibility index (Phi) is 3.64. The maximum Gasteiger partial charge on any atom is 0.253 e. The van der Waals surface area contributed by atoms with E-state index in [4.69, 9.17) is 4.74 Å². The second-order valence-corrected chi connectivity index (χ2v) is 5.10. The normalized spacial score (nSPS) is 18.6. The quantitative estimate of drug-likeness (QED) is 0.916. The highest BCUT2D eigenvalue weighted by Gasteiger charge is 2.22. The predicted octanol–water partition coefficient (Wildman–Crippen LogP) is 1.46. The Morgan fingerprint density at radius 1 is 1.45 bits per heavy atom. The van der Waals surface area contributed by atoms with Crippen LogP contribution in [-0.2, 0) is 4.74 Å². The lowest BCUT2D eigenvalue weighted by molar-refractivity contribution is 0.0731. The van der Waals surface area contributed by atoms with Crippen LogP contribution in [0.3, 0.4) is 0 Å². The molecule has 0 aliphatic carbocycles. The van der Waals surface area contributed by atoms with Crippen LogP contribution in [0.15, 0.2) is 18.2 Å². The van der Waals surface area contributed by atoms with Gasteiger partial charge in [-0.2, -0.15) is 15.4 Å². The monoisotopic (exact) mass is 274 g/mol. The molecule has 1 fully saturated rings. The average molecular weight is 274 g/mol. The van der Waals surface area contributed by atoms with E-state index in [-0.39, 0.29) is 5.91 Å². The van der Waals surface area contributed by atoms with Crippen LogP contribution < -0.4 is 0 Å². The first-order valence-corrected chi connectivity index (χ1v) is 6.95. The molecule has 0 spiro atoms. The number of rotatable bonds is 4. The number of benzene rings is 1. The molecule has 2 heterocycles. The molecule has 1 N–H and O–H groups in total. The van der Waals surface area contributed by atoms with Gasteiger partial charge in [0.1, 0.15) is 11.0 Å². The average Bonchev–Trinajstić information content (AvgIpc) is 3.14. The van der Waals surface area contributed by atoms with Crippen LogP contribution in [0.4, 0.5) is 0 Å². The van der Waals surface area contributed by atoms with Crippen molar-refractivity contribution in [1.82, 2.24) is 20.3 Å². The second kappa shape index (κ2) is 5.58. The van der Waals surface area contributed by atoms with Gasteiger partial charge in [0.05, 0.1) is 6.61 Å².